The molecular weight excluding hydrogens is 238 g/mol. The Balaban J connectivity index is 1.97. The number of nitrogens with zero attached hydrogens (tertiary/aromatic N) is 2. The second-order valence-corrected chi connectivity index (χ2v) is 5.46. The average molecular weight is 263 g/mol. The zero-order chi connectivity index (χ0) is 13.5. The molecule has 0 radical (unpaired) electrons. The predicted molar refractivity (Wildman–Crippen MR) is 77.5 cm³/mol. The lowest BCUT2D eigenvalue weighted by Gasteiger charge is -2.23. The molecule has 19 heavy (non-hydrogen) atoms. The van der Waals surface area contributed by atoms with E-state index in [9.17, 15) is 0 Å². The summed E-state index contributed by atoms with van der Waals surface area (Å²) in [6.07, 6.45) is 9.14. The van der Waals surface area contributed by atoms with Crippen LogP contribution < -0.4 is 10.1 Å². The lowest BCUT2D eigenvalue weighted by atomic mass is 9.97. The molecule has 2 unspecified atom stereocenters. The van der Waals surface area contributed by atoms with Gasteiger partial charge >= 0.3 is 0 Å². The molecule has 4 heteroatoms. The Bertz CT molecular complexity index is 383. The molecule has 4 nitrogen and oxygen atoms in total. The van der Waals surface area contributed by atoms with Crippen molar-refractivity contribution in [3.05, 3.63) is 12.4 Å². The van der Waals surface area contributed by atoms with E-state index in [2.05, 4.69) is 29.1 Å². The molecule has 0 amide bonds. The lowest BCUT2D eigenvalue weighted by molar-refractivity contribution is 0.305. The van der Waals surface area contributed by atoms with E-state index in [0.717, 1.165) is 12.2 Å². The number of ether oxygens (including phenoxy) is 1. The fraction of sp³-hybridized carbons (Fsp3) is 0.733. The SMILES string of the molecule is CCCOc1cc(NC2CCCCCC2C)ncn1. The zero-order valence-corrected chi connectivity index (χ0v) is 12.1. The van der Waals surface area contributed by atoms with Gasteiger partial charge in [-0.25, -0.2) is 9.97 Å². The van der Waals surface area contributed by atoms with Gasteiger partial charge < -0.3 is 10.1 Å². The highest BCUT2D eigenvalue weighted by Crippen LogP contribution is 2.25. The molecule has 106 valence electrons. The van der Waals surface area contributed by atoms with Gasteiger partial charge in [-0.3, -0.25) is 0 Å². The van der Waals surface area contributed by atoms with Crippen LogP contribution in [0, 0.1) is 5.92 Å². The molecule has 1 N–H and O–H groups in total. The maximum atomic E-state index is 5.55. The number of rotatable bonds is 5. The minimum absolute atomic E-state index is 0.524. The fourth-order valence-corrected chi connectivity index (χ4v) is 2.60. The van der Waals surface area contributed by atoms with Crippen molar-refractivity contribution in [2.45, 2.75) is 58.4 Å². The van der Waals surface area contributed by atoms with Crippen LogP contribution in [0.4, 0.5) is 5.82 Å². The third-order valence-electron chi connectivity index (χ3n) is 3.79. The standard InChI is InChI=1S/C15H25N3O/c1-3-9-19-15-10-14(16-11-17-15)18-13-8-6-4-5-7-12(13)2/h10-13H,3-9H2,1-2H3,(H,16,17,18). The molecular formula is C15H25N3O. The number of anilines is 1. The van der Waals surface area contributed by atoms with Gasteiger partial charge in [-0.1, -0.05) is 33.1 Å². The summed E-state index contributed by atoms with van der Waals surface area (Å²) in [6.45, 7) is 5.13. The Morgan fingerprint density at radius 3 is 2.95 bits per heavy atom. The van der Waals surface area contributed by atoms with E-state index in [-0.39, 0.29) is 0 Å². The van der Waals surface area contributed by atoms with Crippen LogP contribution >= 0.6 is 0 Å². The molecule has 0 spiro atoms. The molecule has 1 heterocycles. The summed E-state index contributed by atoms with van der Waals surface area (Å²) in [7, 11) is 0. The summed E-state index contributed by atoms with van der Waals surface area (Å²) in [6, 6.07) is 2.43. The van der Waals surface area contributed by atoms with E-state index in [0.29, 0.717) is 24.4 Å². The van der Waals surface area contributed by atoms with Gasteiger partial charge in [0, 0.05) is 12.1 Å². The average Bonchev–Trinajstić information content (AvgIpc) is 2.62. The molecule has 1 aromatic heterocycles. The Kier molecular flexibility index (Phi) is 5.43. The van der Waals surface area contributed by atoms with E-state index >= 15 is 0 Å². The Labute approximate surface area is 116 Å². The molecule has 1 fully saturated rings. The second-order valence-electron chi connectivity index (χ2n) is 5.46. The van der Waals surface area contributed by atoms with Crippen molar-refractivity contribution in [3.8, 4) is 5.88 Å². The maximum Gasteiger partial charge on any atom is 0.218 e. The van der Waals surface area contributed by atoms with Crippen LogP contribution in [0.15, 0.2) is 12.4 Å². The van der Waals surface area contributed by atoms with E-state index < -0.39 is 0 Å². The minimum atomic E-state index is 0.524. The zero-order valence-electron chi connectivity index (χ0n) is 12.1. The monoisotopic (exact) mass is 263 g/mol. The van der Waals surface area contributed by atoms with E-state index in [1.165, 1.54) is 32.1 Å². The van der Waals surface area contributed by atoms with Crippen molar-refractivity contribution < 1.29 is 4.74 Å². The Hall–Kier alpha value is -1.32. The van der Waals surface area contributed by atoms with E-state index in [4.69, 9.17) is 4.74 Å². The highest BCUT2D eigenvalue weighted by molar-refractivity contribution is 5.38. The first-order valence-electron chi connectivity index (χ1n) is 7.51. The molecule has 0 bridgehead atoms. The van der Waals surface area contributed by atoms with Crippen molar-refractivity contribution >= 4 is 5.82 Å². The smallest absolute Gasteiger partial charge is 0.218 e. The highest BCUT2D eigenvalue weighted by atomic mass is 16.5. The molecule has 1 aliphatic carbocycles. The predicted octanol–water partition coefficient (Wildman–Crippen LogP) is 3.65. The third kappa shape index (κ3) is 4.37. The van der Waals surface area contributed by atoms with Crippen LogP contribution in [-0.2, 0) is 0 Å². The van der Waals surface area contributed by atoms with Crippen LogP contribution in [0.1, 0.15) is 52.4 Å². The Morgan fingerprint density at radius 2 is 2.11 bits per heavy atom. The van der Waals surface area contributed by atoms with Crippen molar-refractivity contribution in [2.24, 2.45) is 5.92 Å². The van der Waals surface area contributed by atoms with Crippen LogP contribution in [0.3, 0.4) is 0 Å². The van der Waals surface area contributed by atoms with Gasteiger partial charge in [-0.05, 0) is 25.2 Å². The normalized spacial score (nSPS) is 23.7. The van der Waals surface area contributed by atoms with Crippen LogP contribution in [-0.4, -0.2) is 22.6 Å². The van der Waals surface area contributed by atoms with Gasteiger partial charge in [0.15, 0.2) is 0 Å². The third-order valence-corrected chi connectivity index (χ3v) is 3.79. The highest BCUT2D eigenvalue weighted by Gasteiger charge is 2.20. The second kappa shape index (κ2) is 7.31. The minimum Gasteiger partial charge on any atom is -0.478 e. The largest absolute Gasteiger partial charge is 0.478 e. The van der Waals surface area contributed by atoms with E-state index in [1.807, 2.05) is 6.07 Å². The topological polar surface area (TPSA) is 47.0 Å². The molecule has 0 aromatic carbocycles. The fourth-order valence-electron chi connectivity index (χ4n) is 2.60. The summed E-state index contributed by atoms with van der Waals surface area (Å²) in [5.41, 5.74) is 0. The molecule has 0 saturated heterocycles. The van der Waals surface area contributed by atoms with Crippen LogP contribution in [0.5, 0.6) is 5.88 Å². The summed E-state index contributed by atoms with van der Waals surface area (Å²) in [5.74, 6) is 2.26. The summed E-state index contributed by atoms with van der Waals surface area (Å²) >= 11 is 0. The van der Waals surface area contributed by atoms with Crippen molar-refractivity contribution in [3.63, 3.8) is 0 Å². The molecule has 1 aromatic rings. The van der Waals surface area contributed by atoms with Gasteiger partial charge in [0.1, 0.15) is 12.1 Å². The molecule has 2 atom stereocenters. The van der Waals surface area contributed by atoms with Gasteiger partial charge in [-0.2, -0.15) is 0 Å². The summed E-state index contributed by atoms with van der Waals surface area (Å²) in [4.78, 5) is 8.44. The van der Waals surface area contributed by atoms with Gasteiger partial charge in [0.05, 0.1) is 6.61 Å². The molecule has 0 aliphatic heterocycles. The molecule has 2 rings (SSSR count). The van der Waals surface area contributed by atoms with Crippen molar-refractivity contribution in [1.29, 1.82) is 0 Å². The molecule has 1 aliphatic rings. The van der Waals surface area contributed by atoms with Crippen molar-refractivity contribution in [1.82, 2.24) is 9.97 Å². The van der Waals surface area contributed by atoms with Crippen LogP contribution in [0.2, 0.25) is 0 Å². The van der Waals surface area contributed by atoms with Crippen LogP contribution in [0.25, 0.3) is 0 Å². The number of hydrogen-bond donors (Lipinski definition) is 1. The van der Waals surface area contributed by atoms with Gasteiger partial charge in [-0.15, -0.1) is 0 Å². The number of aromatic nitrogens is 2. The maximum absolute atomic E-state index is 5.55. The molecule has 1 saturated carbocycles. The number of hydrogen-bond acceptors (Lipinski definition) is 4. The van der Waals surface area contributed by atoms with E-state index in [1.54, 1.807) is 6.33 Å². The lowest BCUT2D eigenvalue weighted by Crippen LogP contribution is -2.26. The van der Waals surface area contributed by atoms with Crippen molar-refractivity contribution in [2.75, 3.05) is 11.9 Å². The first kappa shape index (κ1) is 14.1. The first-order valence-corrected chi connectivity index (χ1v) is 7.51. The van der Waals surface area contributed by atoms with Gasteiger partial charge in [0.2, 0.25) is 5.88 Å². The Morgan fingerprint density at radius 1 is 1.26 bits per heavy atom. The summed E-state index contributed by atoms with van der Waals surface area (Å²) < 4.78 is 5.55. The first-order chi connectivity index (χ1) is 9.29. The quantitative estimate of drug-likeness (QED) is 0.824. The summed E-state index contributed by atoms with van der Waals surface area (Å²) in [5, 5.41) is 3.56. The van der Waals surface area contributed by atoms with Gasteiger partial charge in [0.25, 0.3) is 0 Å². The number of nitrogens with one attached hydrogen (secondary N) is 1.